The molecule has 0 fully saturated rings. The van der Waals surface area contributed by atoms with E-state index in [0.717, 1.165) is 12.1 Å². The lowest BCUT2D eigenvalue weighted by Crippen LogP contribution is -2.19. The summed E-state index contributed by atoms with van der Waals surface area (Å²) in [5.74, 6) is -1.66. The summed E-state index contributed by atoms with van der Waals surface area (Å²) in [6.07, 6.45) is 0.790. The van der Waals surface area contributed by atoms with Gasteiger partial charge in [0, 0.05) is 5.56 Å². The average Bonchev–Trinajstić information content (AvgIpc) is 2.18. The summed E-state index contributed by atoms with van der Waals surface area (Å²) in [6.45, 7) is 1.78. The number of carbonyl (C=O) groups is 1. The van der Waals surface area contributed by atoms with E-state index in [-0.39, 0.29) is 17.7 Å². The third-order valence-electron chi connectivity index (χ3n) is 2.25. The zero-order valence-corrected chi connectivity index (χ0v) is 9.99. The van der Waals surface area contributed by atoms with E-state index in [1.807, 2.05) is 0 Å². The highest BCUT2D eigenvalue weighted by molar-refractivity contribution is 7.89. The Morgan fingerprint density at radius 1 is 1.41 bits per heavy atom. The van der Waals surface area contributed by atoms with Crippen LogP contribution in [0.4, 0.5) is 0 Å². The van der Waals surface area contributed by atoms with Gasteiger partial charge in [0.1, 0.15) is 10.6 Å². The Morgan fingerprint density at radius 2 is 2.00 bits per heavy atom. The second kappa shape index (κ2) is 4.72. The lowest BCUT2D eigenvalue weighted by atomic mass is 10.1. The SMILES string of the molecule is CCCc1c(O)ccc(C(=O)O)c1S(N)(=O)=O. The number of hydrogen-bond donors (Lipinski definition) is 3. The lowest BCUT2D eigenvalue weighted by Gasteiger charge is -2.11. The molecule has 4 N–H and O–H groups in total. The molecule has 1 aromatic carbocycles. The maximum atomic E-state index is 11.4. The predicted molar refractivity (Wildman–Crippen MR) is 60.4 cm³/mol. The van der Waals surface area contributed by atoms with Gasteiger partial charge in [0.2, 0.25) is 10.0 Å². The number of primary sulfonamides is 1. The number of phenols is 1. The number of carboxylic acid groups (broad SMARTS) is 1. The van der Waals surface area contributed by atoms with Crippen molar-refractivity contribution in [3.8, 4) is 5.75 Å². The van der Waals surface area contributed by atoms with Crippen LogP contribution in [0.25, 0.3) is 0 Å². The van der Waals surface area contributed by atoms with Gasteiger partial charge in [0.25, 0.3) is 0 Å². The van der Waals surface area contributed by atoms with Gasteiger partial charge in [0.05, 0.1) is 5.56 Å². The highest BCUT2D eigenvalue weighted by Gasteiger charge is 2.24. The van der Waals surface area contributed by atoms with Crippen molar-refractivity contribution in [3.05, 3.63) is 23.3 Å². The van der Waals surface area contributed by atoms with Gasteiger partial charge in [-0.15, -0.1) is 0 Å². The molecule has 0 aromatic heterocycles. The number of nitrogens with two attached hydrogens (primary N) is 1. The van der Waals surface area contributed by atoms with Crippen molar-refractivity contribution in [1.29, 1.82) is 0 Å². The van der Waals surface area contributed by atoms with E-state index in [9.17, 15) is 18.3 Å². The zero-order valence-electron chi connectivity index (χ0n) is 9.17. The predicted octanol–water partition coefficient (Wildman–Crippen LogP) is 0.690. The quantitative estimate of drug-likeness (QED) is 0.735. The molecule has 1 rings (SSSR count). The first kappa shape index (κ1) is 13.5. The normalized spacial score (nSPS) is 11.4. The molecule has 0 aliphatic rings. The summed E-state index contributed by atoms with van der Waals surface area (Å²) in [7, 11) is -4.19. The van der Waals surface area contributed by atoms with Crippen molar-refractivity contribution in [2.75, 3.05) is 0 Å². The summed E-state index contributed by atoms with van der Waals surface area (Å²) < 4.78 is 22.8. The first-order valence-electron chi connectivity index (χ1n) is 4.90. The number of aromatic carboxylic acids is 1. The molecule has 6 nitrogen and oxygen atoms in total. The van der Waals surface area contributed by atoms with Crippen molar-refractivity contribution in [3.63, 3.8) is 0 Å². The molecule has 0 unspecified atom stereocenters. The number of carboxylic acids is 1. The Balaban J connectivity index is 3.68. The third-order valence-corrected chi connectivity index (χ3v) is 3.29. The number of hydrogen-bond acceptors (Lipinski definition) is 4. The van der Waals surface area contributed by atoms with Crippen LogP contribution in [0, 0.1) is 0 Å². The van der Waals surface area contributed by atoms with Crippen LogP contribution in [0.2, 0.25) is 0 Å². The van der Waals surface area contributed by atoms with E-state index in [4.69, 9.17) is 10.2 Å². The molecule has 0 bridgehead atoms. The fraction of sp³-hybridized carbons (Fsp3) is 0.300. The number of sulfonamides is 1. The van der Waals surface area contributed by atoms with Crippen LogP contribution in [0.15, 0.2) is 17.0 Å². The van der Waals surface area contributed by atoms with Crippen molar-refractivity contribution >= 4 is 16.0 Å². The molecule has 17 heavy (non-hydrogen) atoms. The smallest absolute Gasteiger partial charge is 0.337 e. The molecule has 0 atom stereocenters. The van der Waals surface area contributed by atoms with E-state index in [1.54, 1.807) is 6.92 Å². The minimum atomic E-state index is -4.19. The number of phenolic OH excluding ortho intramolecular Hbond substituents is 1. The van der Waals surface area contributed by atoms with Crippen LogP contribution in [-0.4, -0.2) is 24.6 Å². The fourth-order valence-corrected chi connectivity index (χ4v) is 2.61. The molecule has 0 radical (unpaired) electrons. The molecular weight excluding hydrogens is 246 g/mol. The summed E-state index contributed by atoms with van der Waals surface area (Å²) in [6, 6.07) is 2.18. The molecule has 0 amide bonds. The van der Waals surface area contributed by atoms with E-state index in [1.165, 1.54) is 0 Å². The highest BCUT2D eigenvalue weighted by atomic mass is 32.2. The number of aromatic hydroxyl groups is 1. The third kappa shape index (κ3) is 2.75. The minimum Gasteiger partial charge on any atom is -0.508 e. The van der Waals surface area contributed by atoms with E-state index >= 15 is 0 Å². The minimum absolute atomic E-state index is 0.0508. The zero-order chi connectivity index (χ0) is 13.2. The molecule has 7 heteroatoms. The van der Waals surface area contributed by atoms with E-state index in [2.05, 4.69) is 0 Å². The van der Waals surface area contributed by atoms with Gasteiger partial charge in [-0.3, -0.25) is 0 Å². The van der Waals surface area contributed by atoms with Gasteiger partial charge in [-0.1, -0.05) is 13.3 Å². The standard InChI is InChI=1S/C10H13NO5S/c1-2-3-6-8(12)5-4-7(10(13)14)9(6)17(11,15)16/h4-5,12H,2-3H2,1H3,(H,13,14)(H2,11,15,16). The summed E-state index contributed by atoms with van der Waals surface area (Å²) in [5.41, 5.74) is -0.372. The number of rotatable bonds is 4. The second-order valence-corrected chi connectivity index (χ2v) is 5.04. The van der Waals surface area contributed by atoms with E-state index < -0.39 is 26.5 Å². The molecule has 1 aromatic rings. The molecule has 0 aliphatic heterocycles. The van der Waals surface area contributed by atoms with Gasteiger partial charge in [-0.05, 0) is 18.6 Å². The Bertz CT molecular complexity index is 550. The maximum absolute atomic E-state index is 11.4. The van der Waals surface area contributed by atoms with Crippen molar-refractivity contribution in [2.24, 2.45) is 5.14 Å². The molecule has 94 valence electrons. The molecule has 0 spiro atoms. The van der Waals surface area contributed by atoms with Gasteiger partial charge in [-0.2, -0.15) is 0 Å². The van der Waals surface area contributed by atoms with Crippen LogP contribution in [0.3, 0.4) is 0 Å². The highest BCUT2D eigenvalue weighted by Crippen LogP contribution is 2.29. The average molecular weight is 259 g/mol. The topological polar surface area (TPSA) is 118 Å². The Hall–Kier alpha value is -1.60. The van der Waals surface area contributed by atoms with Crippen LogP contribution < -0.4 is 5.14 Å². The van der Waals surface area contributed by atoms with Gasteiger partial charge in [-0.25, -0.2) is 18.4 Å². The Morgan fingerprint density at radius 3 is 2.41 bits per heavy atom. The van der Waals surface area contributed by atoms with Crippen LogP contribution in [0.5, 0.6) is 5.75 Å². The Labute approximate surface area is 98.7 Å². The van der Waals surface area contributed by atoms with E-state index in [0.29, 0.717) is 6.42 Å². The van der Waals surface area contributed by atoms with Crippen LogP contribution >= 0.6 is 0 Å². The summed E-state index contributed by atoms with van der Waals surface area (Å²) in [5, 5.41) is 23.5. The second-order valence-electron chi connectivity index (χ2n) is 3.54. The molecule has 0 aliphatic carbocycles. The lowest BCUT2D eigenvalue weighted by molar-refractivity contribution is 0.0692. The van der Waals surface area contributed by atoms with Crippen molar-refractivity contribution in [1.82, 2.24) is 0 Å². The molecule has 0 heterocycles. The van der Waals surface area contributed by atoms with Gasteiger partial charge in [0.15, 0.2) is 0 Å². The van der Waals surface area contributed by atoms with Crippen LogP contribution in [0.1, 0.15) is 29.3 Å². The largest absolute Gasteiger partial charge is 0.508 e. The van der Waals surface area contributed by atoms with Crippen molar-refractivity contribution < 1.29 is 23.4 Å². The fourth-order valence-electron chi connectivity index (χ4n) is 1.60. The van der Waals surface area contributed by atoms with Crippen molar-refractivity contribution in [2.45, 2.75) is 24.7 Å². The number of benzene rings is 1. The van der Waals surface area contributed by atoms with Gasteiger partial charge >= 0.3 is 5.97 Å². The monoisotopic (exact) mass is 259 g/mol. The van der Waals surface area contributed by atoms with Gasteiger partial charge < -0.3 is 10.2 Å². The Kier molecular flexibility index (Phi) is 3.74. The summed E-state index contributed by atoms with van der Waals surface area (Å²) in [4.78, 5) is 10.4. The maximum Gasteiger partial charge on any atom is 0.337 e. The molecule has 0 saturated carbocycles. The molecular formula is C10H13NO5S. The molecule has 0 saturated heterocycles. The van der Waals surface area contributed by atoms with Crippen LogP contribution in [-0.2, 0) is 16.4 Å². The summed E-state index contributed by atoms with van der Waals surface area (Å²) >= 11 is 0. The first-order chi connectivity index (χ1) is 7.79. The first-order valence-corrected chi connectivity index (χ1v) is 6.44.